The predicted molar refractivity (Wildman–Crippen MR) is 85.0 cm³/mol. The van der Waals surface area contributed by atoms with Gasteiger partial charge in [0.1, 0.15) is 0 Å². The number of H-pyrrole nitrogens is 1. The number of nitrogens with one attached hydrogen (secondary N) is 2. The molecular formula is C16H13ClN4O. The molecule has 0 aliphatic rings. The van der Waals surface area contributed by atoms with Crippen LogP contribution in [-0.2, 0) is 6.42 Å². The summed E-state index contributed by atoms with van der Waals surface area (Å²) in [7, 11) is 0. The second-order valence-corrected chi connectivity index (χ2v) is 5.21. The maximum Gasteiger partial charge on any atom is 0.276 e. The number of amides is 1. The summed E-state index contributed by atoms with van der Waals surface area (Å²) >= 11 is 5.86. The average Bonchev–Trinajstić information content (AvgIpc) is 2.99. The Kier molecular flexibility index (Phi) is 4.16. The second kappa shape index (κ2) is 6.41. The van der Waals surface area contributed by atoms with Crippen molar-refractivity contribution in [3.05, 3.63) is 76.8 Å². The Balaban J connectivity index is 1.68. The van der Waals surface area contributed by atoms with Crippen LogP contribution in [0.5, 0.6) is 0 Å². The summed E-state index contributed by atoms with van der Waals surface area (Å²) in [6.07, 6.45) is 3.89. The van der Waals surface area contributed by atoms with Crippen molar-refractivity contribution in [3.63, 3.8) is 0 Å². The maximum absolute atomic E-state index is 12.1. The largest absolute Gasteiger partial charge is 0.319 e. The van der Waals surface area contributed by atoms with Crippen LogP contribution in [0, 0.1) is 0 Å². The average molecular weight is 313 g/mol. The van der Waals surface area contributed by atoms with Gasteiger partial charge in [0.05, 0.1) is 11.9 Å². The lowest BCUT2D eigenvalue weighted by Crippen LogP contribution is -2.12. The van der Waals surface area contributed by atoms with E-state index in [4.69, 9.17) is 11.6 Å². The van der Waals surface area contributed by atoms with Crippen LogP contribution in [0.15, 0.2) is 54.9 Å². The zero-order valence-corrected chi connectivity index (χ0v) is 12.3. The van der Waals surface area contributed by atoms with Crippen molar-refractivity contribution in [1.29, 1.82) is 0 Å². The molecular weight excluding hydrogens is 300 g/mol. The summed E-state index contributed by atoms with van der Waals surface area (Å²) < 4.78 is 0. The Bertz CT molecular complexity index is 768. The molecule has 2 N–H and O–H groups in total. The highest BCUT2D eigenvalue weighted by atomic mass is 35.5. The second-order valence-electron chi connectivity index (χ2n) is 4.78. The highest BCUT2D eigenvalue weighted by molar-refractivity contribution is 6.30. The van der Waals surface area contributed by atoms with Crippen LogP contribution in [-0.4, -0.2) is 21.1 Å². The lowest BCUT2D eigenvalue weighted by molar-refractivity contribution is 0.102. The molecule has 22 heavy (non-hydrogen) atoms. The Morgan fingerprint density at radius 2 is 2.05 bits per heavy atom. The van der Waals surface area contributed by atoms with E-state index in [1.54, 1.807) is 30.6 Å². The van der Waals surface area contributed by atoms with E-state index in [0.717, 1.165) is 11.3 Å². The minimum absolute atomic E-state index is 0.272. The van der Waals surface area contributed by atoms with Crippen molar-refractivity contribution in [3.8, 4) is 0 Å². The third-order valence-corrected chi connectivity index (χ3v) is 3.34. The number of aromatic nitrogens is 3. The summed E-state index contributed by atoms with van der Waals surface area (Å²) in [6.45, 7) is 0. The number of nitrogens with zero attached hydrogens (tertiary/aromatic N) is 2. The molecule has 6 heteroatoms. The first-order valence-electron chi connectivity index (χ1n) is 6.71. The molecule has 2 aromatic heterocycles. The molecule has 0 bridgehead atoms. The molecule has 5 nitrogen and oxygen atoms in total. The van der Waals surface area contributed by atoms with Crippen molar-refractivity contribution in [1.82, 2.24) is 15.2 Å². The van der Waals surface area contributed by atoms with Crippen LogP contribution in [0.25, 0.3) is 0 Å². The molecule has 0 atom stereocenters. The monoisotopic (exact) mass is 312 g/mol. The van der Waals surface area contributed by atoms with Crippen molar-refractivity contribution in [2.45, 2.75) is 6.42 Å². The third kappa shape index (κ3) is 3.51. The molecule has 0 saturated heterocycles. The SMILES string of the molecule is O=C(Nc1cccnc1)c1cc(Cc2ccc(Cl)cc2)[nH]n1. The summed E-state index contributed by atoms with van der Waals surface area (Å²) in [5.74, 6) is -0.272. The van der Waals surface area contributed by atoms with Gasteiger partial charge in [0.15, 0.2) is 5.69 Å². The van der Waals surface area contributed by atoms with Gasteiger partial charge in [-0.2, -0.15) is 5.10 Å². The molecule has 0 saturated carbocycles. The minimum atomic E-state index is -0.272. The first-order valence-corrected chi connectivity index (χ1v) is 7.08. The highest BCUT2D eigenvalue weighted by Crippen LogP contribution is 2.13. The van der Waals surface area contributed by atoms with Crippen LogP contribution in [0.3, 0.4) is 0 Å². The molecule has 1 amide bonds. The number of hydrogen-bond acceptors (Lipinski definition) is 3. The minimum Gasteiger partial charge on any atom is -0.319 e. The van der Waals surface area contributed by atoms with Crippen molar-refractivity contribution in [2.75, 3.05) is 5.32 Å². The quantitative estimate of drug-likeness (QED) is 0.776. The maximum atomic E-state index is 12.1. The number of anilines is 1. The lowest BCUT2D eigenvalue weighted by Gasteiger charge is -2.01. The summed E-state index contributed by atoms with van der Waals surface area (Å²) in [5, 5.41) is 10.4. The smallest absolute Gasteiger partial charge is 0.276 e. The van der Waals surface area contributed by atoms with Gasteiger partial charge in [-0.15, -0.1) is 0 Å². The number of carbonyl (C=O) groups excluding carboxylic acids is 1. The van der Waals surface area contributed by atoms with E-state index >= 15 is 0 Å². The van der Waals surface area contributed by atoms with E-state index in [-0.39, 0.29) is 5.91 Å². The van der Waals surface area contributed by atoms with E-state index in [0.29, 0.717) is 22.8 Å². The molecule has 0 spiro atoms. The van der Waals surface area contributed by atoms with Gasteiger partial charge in [0, 0.05) is 23.3 Å². The number of aromatic amines is 1. The van der Waals surface area contributed by atoms with Crippen LogP contribution in [0.1, 0.15) is 21.7 Å². The zero-order valence-electron chi connectivity index (χ0n) is 11.6. The van der Waals surface area contributed by atoms with Gasteiger partial charge < -0.3 is 5.32 Å². The lowest BCUT2D eigenvalue weighted by atomic mass is 10.1. The van der Waals surface area contributed by atoms with Gasteiger partial charge in [-0.05, 0) is 35.9 Å². The van der Waals surface area contributed by atoms with Crippen LogP contribution in [0.2, 0.25) is 5.02 Å². The van der Waals surface area contributed by atoms with Gasteiger partial charge in [0.25, 0.3) is 5.91 Å². The van der Waals surface area contributed by atoms with Gasteiger partial charge in [0.2, 0.25) is 0 Å². The predicted octanol–water partition coefficient (Wildman–Crippen LogP) is 3.30. The van der Waals surface area contributed by atoms with E-state index in [1.165, 1.54) is 0 Å². The van der Waals surface area contributed by atoms with Crippen LogP contribution < -0.4 is 5.32 Å². The van der Waals surface area contributed by atoms with Gasteiger partial charge in [-0.3, -0.25) is 14.9 Å². The topological polar surface area (TPSA) is 70.7 Å². The first kappa shape index (κ1) is 14.3. The molecule has 0 fully saturated rings. The summed E-state index contributed by atoms with van der Waals surface area (Å²) in [5.41, 5.74) is 2.92. The van der Waals surface area contributed by atoms with E-state index in [1.807, 2.05) is 24.3 Å². The Hall–Kier alpha value is -2.66. The summed E-state index contributed by atoms with van der Waals surface area (Å²) in [6, 6.07) is 12.8. The van der Waals surface area contributed by atoms with Crippen molar-refractivity contribution < 1.29 is 4.79 Å². The summed E-state index contributed by atoms with van der Waals surface area (Å²) in [4.78, 5) is 16.0. The van der Waals surface area contributed by atoms with Crippen LogP contribution in [0.4, 0.5) is 5.69 Å². The molecule has 3 aromatic rings. The number of rotatable bonds is 4. The zero-order chi connectivity index (χ0) is 15.4. The molecule has 2 heterocycles. The molecule has 0 unspecified atom stereocenters. The van der Waals surface area contributed by atoms with Gasteiger partial charge >= 0.3 is 0 Å². The van der Waals surface area contributed by atoms with E-state index < -0.39 is 0 Å². The molecule has 0 aliphatic carbocycles. The van der Waals surface area contributed by atoms with E-state index in [2.05, 4.69) is 20.5 Å². The number of pyridine rings is 1. The normalized spacial score (nSPS) is 10.4. The number of halogens is 1. The van der Waals surface area contributed by atoms with Gasteiger partial charge in [-0.1, -0.05) is 23.7 Å². The molecule has 1 aromatic carbocycles. The molecule has 0 radical (unpaired) electrons. The Morgan fingerprint density at radius 1 is 1.23 bits per heavy atom. The fourth-order valence-corrected chi connectivity index (χ4v) is 2.15. The third-order valence-electron chi connectivity index (χ3n) is 3.09. The number of hydrogen-bond donors (Lipinski definition) is 2. The highest BCUT2D eigenvalue weighted by Gasteiger charge is 2.11. The van der Waals surface area contributed by atoms with Crippen molar-refractivity contribution >= 4 is 23.2 Å². The first-order chi connectivity index (χ1) is 10.7. The van der Waals surface area contributed by atoms with Crippen LogP contribution >= 0.6 is 11.6 Å². The molecule has 110 valence electrons. The molecule has 0 aliphatic heterocycles. The number of carbonyl (C=O) groups is 1. The van der Waals surface area contributed by atoms with Crippen molar-refractivity contribution in [2.24, 2.45) is 0 Å². The molecule has 3 rings (SSSR count). The van der Waals surface area contributed by atoms with Gasteiger partial charge in [-0.25, -0.2) is 0 Å². The Morgan fingerprint density at radius 3 is 2.77 bits per heavy atom. The number of benzene rings is 1. The fraction of sp³-hybridized carbons (Fsp3) is 0.0625. The fourth-order valence-electron chi connectivity index (χ4n) is 2.02. The Labute approximate surface area is 132 Å². The van der Waals surface area contributed by atoms with E-state index in [9.17, 15) is 4.79 Å². The standard InChI is InChI=1S/C16H13ClN4O/c17-12-5-3-11(4-6-12)8-14-9-15(21-20-14)16(22)19-13-2-1-7-18-10-13/h1-7,9-10H,8H2,(H,19,22)(H,20,21).